The summed E-state index contributed by atoms with van der Waals surface area (Å²) in [7, 11) is 0. The third kappa shape index (κ3) is 4.71. The van der Waals surface area contributed by atoms with E-state index in [1.54, 1.807) is 23.5 Å². The topological polar surface area (TPSA) is 81.0 Å². The van der Waals surface area contributed by atoms with Crippen molar-refractivity contribution in [3.05, 3.63) is 59.7 Å². The van der Waals surface area contributed by atoms with E-state index in [4.69, 9.17) is 0 Å². The van der Waals surface area contributed by atoms with Crippen LogP contribution in [0.3, 0.4) is 0 Å². The van der Waals surface area contributed by atoms with Gasteiger partial charge in [-0.1, -0.05) is 13.0 Å². The molecule has 1 amide bonds. The molecule has 0 N–H and O–H groups in total. The summed E-state index contributed by atoms with van der Waals surface area (Å²) in [5, 5.41) is 4.43. The van der Waals surface area contributed by atoms with Gasteiger partial charge in [-0.05, 0) is 43.5 Å². The molecule has 0 radical (unpaired) electrons. The average molecular weight is 418 g/mol. The van der Waals surface area contributed by atoms with Crippen LogP contribution in [0.1, 0.15) is 36.6 Å². The van der Waals surface area contributed by atoms with E-state index in [-0.39, 0.29) is 30.4 Å². The van der Waals surface area contributed by atoms with Gasteiger partial charge in [0, 0.05) is 62.1 Å². The number of carbonyl (C=O) groups is 2. The van der Waals surface area contributed by atoms with Crippen molar-refractivity contribution >= 4 is 17.5 Å². The van der Waals surface area contributed by atoms with E-state index in [1.807, 2.05) is 49.7 Å². The zero-order chi connectivity index (χ0) is 22.0. The largest absolute Gasteiger partial charge is 0.299 e. The van der Waals surface area contributed by atoms with E-state index in [1.165, 1.54) is 0 Å². The Labute approximate surface area is 182 Å². The number of hydrogen-bond donors (Lipinski definition) is 0. The normalized spacial score (nSPS) is 14.2. The Balaban J connectivity index is 1.37. The Morgan fingerprint density at radius 3 is 2.68 bits per heavy atom. The van der Waals surface area contributed by atoms with Crippen LogP contribution in [0.5, 0.6) is 0 Å². The molecule has 0 saturated heterocycles. The molecule has 0 aromatic carbocycles. The summed E-state index contributed by atoms with van der Waals surface area (Å²) in [5.74, 6) is 0.496. The summed E-state index contributed by atoms with van der Waals surface area (Å²) >= 11 is 0. The first kappa shape index (κ1) is 20.9. The van der Waals surface area contributed by atoms with Crippen LogP contribution in [0.4, 0.5) is 5.82 Å². The Kier molecular flexibility index (Phi) is 5.93. The number of Topliss-reactive ketones (excluding diaryl/α,β-unsaturated/α-hetero) is 1. The van der Waals surface area contributed by atoms with Crippen LogP contribution in [0.2, 0.25) is 0 Å². The Hall–Kier alpha value is -3.35. The lowest BCUT2D eigenvalue weighted by Crippen LogP contribution is -2.38. The second-order valence-corrected chi connectivity index (χ2v) is 8.32. The van der Waals surface area contributed by atoms with Crippen molar-refractivity contribution in [3.63, 3.8) is 0 Å². The number of rotatable bonds is 6. The minimum absolute atomic E-state index is 0.0258. The molecule has 3 aromatic rings. The van der Waals surface area contributed by atoms with E-state index in [0.29, 0.717) is 6.54 Å². The molecule has 0 fully saturated rings. The summed E-state index contributed by atoms with van der Waals surface area (Å²) in [4.78, 5) is 36.1. The highest BCUT2D eigenvalue weighted by molar-refractivity contribution is 5.96. The standard InChI is InChI=1S/C24H27N5O2/c1-16-9-20(15-25-13-16)21-6-5-19(14-26-21)12-22(30)17(2)10-24(31)28-7-4-8-29-23(28)11-18(3)27-29/h5-6,9,11,13-15,17H,4,7-8,10,12H2,1-3H3. The van der Waals surface area contributed by atoms with Gasteiger partial charge in [0.25, 0.3) is 0 Å². The molecule has 0 saturated carbocycles. The zero-order valence-corrected chi connectivity index (χ0v) is 18.2. The van der Waals surface area contributed by atoms with Crippen molar-refractivity contribution in [2.24, 2.45) is 5.92 Å². The van der Waals surface area contributed by atoms with Crippen LogP contribution in [0.15, 0.2) is 42.9 Å². The fourth-order valence-corrected chi connectivity index (χ4v) is 3.92. The molecule has 7 nitrogen and oxygen atoms in total. The lowest BCUT2D eigenvalue weighted by Gasteiger charge is -2.28. The summed E-state index contributed by atoms with van der Waals surface area (Å²) in [6.07, 6.45) is 6.65. The number of amides is 1. The SMILES string of the molecule is Cc1cncc(-c2ccc(CC(=O)C(C)CC(=O)N3CCCn4nc(C)cc43)cn2)c1. The minimum atomic E-state index is -0.354. The quantitative estimate of drug-likeness (QED) is 0.613. The van der Waals surface area contributed by atoms with Crippen LogP contribution < -0.4 is 4.90 Å². The maximum absolute atomic E-state index is 12.9. The van der Waals surface area contributed by atoms with Crippen LogP contribution in [-0.4, -0.2) is 38.0 Å². The number of ketones is 1. The lowest BCUT2D eigenvalue weighted by atomic mass is 9.96. The molecule has 1 aliphatic heterocycles. The van der Waals surface area contributed by atoms with Gasteiger partial charge in [0.15, 0.2) is 0 Å². The van der Waals surface area contributed by atoms with Gasteiger partial charge >= 0.3 is 0 Å². The molecule has 160 valence electrons. The average Bonchev–Trinajstić information content (AvgIpc) is 3.14. The number of carbonyl (C=O) groups excluding carboxylic acids is 2. The second kappa shape index (κ2) is 8.79. The van der Waals surface area contributed by atoms with E-state index < -0.39 is 0 Å². The summed E-state index contributed by atoms with van der Waals surface area (Å²) in [6.45, 7) is 7.24. The highest BCUT2D eigenvalue weighted by Gasteiger charge is 2.27. The van der Waals surface area contributed by atoms with Gasteiger partial charge in [-0.2, -0.15) is 5.10 Å². The molecule has 1 unspecified atom stereocenters. The number of pyridine rings is 2. The third-order valence-corrected chi connectivity index (χ3v) is 5.61. The summed E-state index contributed by atoms with van der Waals surface area (Å²) in [6, 6.07) is 7.79. The van der Waals surface area contributed by atoms with Gasteiger partial charge in [-0.3, -0.25) is 24.5 Å². The van der Waals surface area contributed by atoms with Crippen molar-refractivity contribution in [1.82, 2.24) is 19.7 Å². The smallest absolute Gasteiger partial charge is 0.228 e. The predicted molar refractivity (Wildman–Crippen MR) is 119 cm³/mol. The summed E-state index contributed by atoms with van der Waals surface area (Å²) < 4.78 is 1.88. The first-order valence-electron chi connectivity index (χ1n) is 10.6. The van der Waals surface area contributed by atoms with Gasteiger partial charge in [0.1, 0.15) is 11.6 Å². The maximum Gasteiger partial charge on any atom is 0.228 e. The van der Waals surface area contributed by atoms with Gasteiger partial charge in [-0.25, -0.2) is 4.68 Å². The van der Waals surface area contributed by atoms with Crippen molar-refractivity contribution < 1.29 is 9.59 Å². The molecular weight excluding hydrogens is 390 g/mol. The number of nitrogens with zero attached hydrogens (tertiary/aromatic N) is 5. The van der Waals surface area contributed by atoms with Crippen LogP contribution >= 0.6 is 0 Å². The number of anilines is 1. The highest BCUT2D eigenvalue weighted by Crippen LogP contribution is 2.24. The van der Waals surface area contributed by atoms with Crippen molar-refractivity contribution in [2.75, 3.05) is 11.4 Å². The number of fused-ring (bicyclic) bond motifs is 1. The molecule has 4 rings (SSSR count). The first-order valence-corrected chi connectivity index (χ1v) is 10.6. The Bertz CT molecular complexity index is 1100. The molecular formula is C24H27N5O2. The van der Waals surface area contributed by atoms with E-state index >= 15 is 0 Å². The van der Waals surface area contributed by atoms with Gasteiger partial charge < -0.3 is 0 Å². The molecule has 3 aromatic heterocycles. The van der Waals surface area contributed by atoms with Crippen molar-refractivity contribution in [3.8, 4) is 11.3 Å². The Morgan fingerprint density at radius 1 is 1.10 bits per heavy atom. The minimum Gasteiger partial charge on any atom is -0.299 e. The molecule has 4 heterocycles. The van der Waals surface area contributed by atoms with Crippen LogP contribution in [0, 0.1) is 19.8 Å². The molecule has 31 heavy (non-hydrogen) atoms. The van der Waals surface area contributed by atoms with Gasteiger partial charge in [0.2, 0.25) is 5.91 Å². The first-order chi connectivity index (χ1) is 14.9. The fraction of sp³-hybridized carbons (Fsp3) is 0.375. The second-order valence-electron chi connectivity index (χ2n) is 8.32. The number of hydrogen-bond acceptors (Lipinski definition) is 5. The molecule has 0 aliphatic carbocycles. The van der Waals surface area contributed by atoms with Crippen molar-refractivity contribution in [1.29, 1.82) is 0 Å². The predicted octanol–water partition coefficient (Wildman–Crippen LogP) is 3.53. The molecule has 0 bridgehead atoms. The number of aromatic nitrogens is 4. The van der Waals surface area contributed by atoms with Crippen LogP contribution in [-0.2, 0) is 22.6 Å². The molecule has 7 heteroatoms. The molecule has 1 aliphatic rings. The highest BCUT2D eigenvalue weighted by atomic mass is 16.2. The zero-order valence-electron chi connectivity index (χ0n) is 18.2. The van der Waals surface area contributed by atoms with Crippen LogP contribution in [0.25, 0.3) is 11.3 Å². The van der Waals surface area contributed by atoms with Gasteiger partial charge in [0.05, 0.1) is 11.4 Å². The van der Waals surface area contributed by atoms with E-state index in [2.05, 4.69) is 15.1 Å². The molecule has 0 spiro atoms. The third-order valence-electron chi connectivity index (χ3n) is 5.61. The summed E-state index contributed by atoms with van der Waals surface area (Å²) in [5.41, 5.74) is 4.60. The van der Waals surface area contributed by atoms with Crippen molar-refractivity contribution in [2.45, 2.75) is 46.6 Å². The maximum atomic E-state index is 12.9. The van der Waals surface area contributed by atoms with E-state index in [9.17, 15) is 9.59 Å². The number of aryl methyl sites for hydroxylation is 3. The Morgan fingerprint density at radius 2 is 1.94 bits per heavy atom. The molecule has 1 atom stereocenters. The van der Waals surface area contributed by atoms with E-state index in [0.717, 1.165) is 46.9 Å². The lowest BCUT2D eigenvalue weighted by molar-refractivity contribution is -0.127. The van der Waals surface area contributed by atoms with Gasteiger partial charge in [-0.15, -0.1) is 0 Å². The monoisotopic (exact) mass is 417 g/mol. The fourth-order valence-electron chi connectivity index (χ4n) is 3.92.